The summed E-state index contributed by atoms with van der Waals surface area (Å²) < 4.78 is 5.43. The van der Waals surface area contributed by atoms with Crippen molar-refractivity contribution in [1.82, 2.24) is 0 Å². The van der Waals surface area contributed by atoms with E-state index in [9.17, 15) is 4.79 Å². The van der Waals surface area contributed by atoms with E-state index in [2.05, 4.69) is 5.32 Å². The van der Waals surface area contributed by atoms with Crippen molar-refractivity contribution in [3.63, 3.8) is 0 Å². The van der Waals surface area contributed by atoms with Crippen LogP contribution in [0.3, 0.4) is 0 Å². The molecule has 0 aromatic heterocycles. The molecule has 0 aliphatic carbocycles. The monoisotopic (exact) mass is 272 g/mol. The molecule has 18 heavy (non-hydrogen) atoms. The largest absolute Gasteiger partial charge is 0.492 e. The standard InChI is InChI=1S/C13H20N2O2.ClH/c1-4-17-12-8-6-5-7-11(12)15-13(16)9(2)10(3)14;/h5-10H,4,14H2,1-3H3,(H,15,16);1H. The summed E-state index contributed by atoms with van der Waals surface area (Å²) in [7, 11) is 0. The van der Waals surface area contributed by atoms with Gasteiger partial charge >= 0.3 is 0 Å². The number of rotatable bonds is 5. The number of carbonyl (C=O) groups is 1. The molecule has 0 saturated carbocycles. The molecule has 0 radical (unpaired) electrons. The summed E-state index contributed by atoms with van der Waals surface area (Å²) >= 11 is 0. The van der Waals surface area contributed by atoms with Crippen LogP contribution in [0.1, 0.15) is 20.8 Å². The van der Waals surface area contributed by atoms with Crippen LogP contribution in [0, 0.1) is 5.92 Å². The first-order valence-corrected chi connectivity index (χ1v) is 5.84. The molecule has 5 heteroatoms. The highest BCUT2D eigenvalue weighted by molar-refractivity contribution is 5.94. The second-order valence-electron chi connectivity index (χ2n) is 4.07. The Balaban J connectivity index is 0.00000289. The predicted octanol–water partition coefficient (Wildman–Crippen LogP) is 2.43. The molecule has 0 saturated heterocycles. The van der Waals surface area contributed by atoms with E-state index in [-0.39, 0.29) is 30.3 Å². The number of halogens is 1. The van der Waals surface area contributed by atoms with E-state index < -0.39 is 0 Å². The first-order chi connectivity index (χ1) is 8.06. The third-order valence-electron chi connectivity index (χ3n) is 2.65. The van der Waals surface area contributed by atoms with Crippen molar-refractivity contribution in [3.8, 4) is 5.75 Å². The third-order valence-corrected chi connectivity index (χ3v) is 2.65. The molecule has 1 amide bonds. The Morgan fingerprint density at radius 1 is 1.39 bits per heavy atom. The summed E-state index contributed by atoms with van der Waals surface area (Å²) in [4.78, 5) is 11.9. The highest BCUT2D eigenvalue weighted by Crippen LogP contribution is 2.24. The molecule has 0 bridgehead atoms. The van der Waals surface area contributed by atoms with E-state index in [1.54, 1.807) is 0 Å². The average molecular weight is 273 g/mol. The molecule has 1 aromatic carbocycles. The zero-order valence-electron chi connectivity index (χ0n) is 11.0. The minimum Gasteiger partial charge on any atom is -0.492 e. The number of nitrogens with two attached hydrogens (primary N) is 1. The number of ether oxygens (including phenoxy) is 1. The van der Waals surface area contributed by atoms with E-state index in [1.807, 2.05) is 45.0 Å². The van der Waals surface area contributed by atoms with Crippen LogP contribution in [-0.2, 0) is 4.79 Å². The van der Waals surface area contributed by atoms with Crippen LogP contribution < -0.4 is 15.8 Å². The summed E-state index contributed by atoms with van der Waals surface area (Å²) in [5.41, 5.74) is 6.38. The summed E-state index contributed by atoms with van der Waals surface area (Å²) in [5, 5.41) is 2.83. The Morgan fingerprint density at radius 2 is 2.00 bits per heavy atom. The Hall–Kier alpha value is -1.26. The Kier molecular flexibility index (Phi) is 7.39. The van der Waals surface area contributed by atoms with Crippen molar-refractivity contribution in [2.45, 2.75) is 26.8 Å². The lowest BCUT2D eigenvalue weighted by Gasteiger charge is -2.17. The van der Waals surface area contributed by atoms with Gasteiger partial charge in [-0.3, -0.25) is 4.79 Å². The molecule has 0 aliphatic rings. The van der Waals surface area contributed by atoms with Gasteiger partial charge in [0.05, 0.1) is 18.2 Å². The van der Waals surface area contributed by atoms with E-state index in [1.165, 1.54) is 0 Å². The number of hydrogen-bond donors (Lipinski definition) is 2. The molecule has 3 N–H and O–H groups in total. The van der Waals surface area contributed by atoms with Crippen molar-refractivity contribution < 1.29 is 9.53 Å². The molecule has 0 spiro atoms. The van der Waals surface area contributed by atoms with Crippen LogP contribution in [-0.4, -0.2) is 18.6 Å². The van der Waals surface area contributed by atoms with Crippen LogP contribution in [0.2, 0.25) is 0 Å². The van der Waals surface area contributed by atoms with Gasteiger partial charge in [-0.15, -0.1) is 12.4 Å². The Morgan fingerprint density at radius 3 is 2.56 bits per heavy atom. The minimum atomic E-state index is -0.232. The molecular weight excluding hydrogens is 252 g/mol. The van der Waals surface area contributed by atoms with Crippen LogP contribution in [0.4, 0.5) is 5.69 Å². The molecule has 0 aliphatic heterocycles. The molecule has 2 unspecified atom stereocenters. The lowest BCUT2D eigenvalue weighted by Crippen LogP contribution is -2.34. The zero-order valence-corrected chi connectivity index (χ0v) is 11.8. The lowest BCUT2D eigenvalue weighted by molar-refractivity contribution is -0.119. The van der Waals surface area contributed by atoms with Gasteiger partial charge in [0.15, 0.2) is 0 Å². The highest BCUT2D eigenvalue weighted by Gasteiger charge is 2.18. The number of anilines is 1. The number of nitrogens with one attached hydrogen (secondary N) is 1. The molecule has 4 nitrogen and oxygen atoms in total. The highest BCUT2D eigenvalue weighted by atomic mass is 35.5. The number of hydrogen-bond acceptors (Lipinski definition) is 3. The van der Waals surface area contributed by atoms with Crippen molar-refractivity contribution in [2.24, 2.45) is 11.7 Å². The topological polar surface area (TPSA) is 64.3 Å². The minimum absolute atomic E-state index is 0. The van der Waals surface area contributed by atoms with Crippen LogP contribution >= 0.6 is 12.4 Å². The summed E-state index contributed by atoms with van der Waals surface area (Å²) in [6.07, 6.45) is 0. The zero-order chi connectivity index (χ0) is 12.8. The van der Waals surface area contributed by atoms with Crippen molar-refractivity contribution in [2.75, 3.05) is 11.9 Å². The normalized spacial score (nSPS) is 13.1. The van der Waals surface area contributed by atoms with Gasteiger partial charge in [0, 0.05) is 6.04 Å². The lowest BCUT2D eigenvalue weighted by atomic mass is 10.0. The quantitative estimate of drug-likeness (QED) is 0.865. The van der Waals surface area contributed by atoms with E-state index in [0.717, 1.165) is 0 Å². The SMILES string of the molecule is CCOc1ccccc1NC(=O)C(C)C(C)N.Cl. The van der Waals surface area contributed by atoms with Gasteiger partial charge in [-0.1, -0.05) is 19.1 Å². The van der Waals surface area contributed by atoms with Crippen LogP contribution in [0.15, 0.2) is 24.3 Å². The fraction of sp³-hybridized carbons (Fsp3) is 0.462. The second kappa shape index (κ2) is 7.95. The molecule has 1 aromatic rings. The smallest absolute Gasteiger partial charge is 0.228 e. The first-order valence-electron chi connectivity index (χ1n) is 5.84. The molecule has 0 fully saturated rings. The number of carbonyl (C=O) groups excluding carboxylic acids is 1. The van der Waals surface area contributed by atoms with Crippen LogP contribution in [0.25, 0.3) is 0 Å². The fourth-order valence-corrected chi connectivity index (χ4v) is 1.34. The van der Waals surface area contributed by atoms with Crippen molar-refractivity contribution >= 4 is 24.0 Å². The van der Waals surface area contributed by atoms with Gasteiger partial charge in [-0.05, 0) is 26.0 Å². The molecule has 2 atom stereocenters. The Bertz CT molecular complexity index is 383. The predicted molar refractivity (Wildman–Crippen MR) is 76.3 cm³/mol. The summed E-state index contributed by atoms with van der Waals surface area (Å²) in [6, 6.07) is 7.20. The van der Waals surface area contributed by atoms with Crippen LogP contribution in [0.5, 0.6) is 5.75 Å². The maximum atomic E-state index is 11.9. The maximum Gasteiger partial charge on any atom is 0.228 e. The second-order valence-corrected chi connectivity index (χ2v) is 4.07. The number of para-hydroxylation sites is 2. The molecule has 1 rings (SSSR count). The van der Waals surface area contributed by atoms with Gasteiger partial charge in [0.25, 0.3) is 0 Å². The maximum absolute atomic E-state index is 11.9. The van der Waals surface area contributed by atoms with Crippen molar-refractivity contribution in [1.29, 1.82) is 0 Å². The Labute approximate surface area is 114 Å². The fourth-order valence-electron chi connectivity index (χ4n) is 1.34. The van der Waals surface area contributed by atoms with E-state index >= 15 is 0 Å². The number of benzene rings is 1. The van der Waals surface area contributed by atoms with Gasteiger partial charge in [0.1, 0.15) is 5.75 Å². The molecule has 0 heterocycles. The summed E-state index contributed by atoms with van der Waals surface area (Å²) in [6.45, 7) is 6.10. The summed E-state index contributed by atoms with van der Waals surface area (Å²) in [5.74, 6) is 0.358. The first kappa shape index (κ1) is 16.7. The van der Waals surface area contributed by atoms with Gasteiger partial charge in [0.2, 0.25) is 5.91 Å². The molecular formula is C13H21ClN2O2. The average Bonchev–Trinajstić information content (AvgIpc) is 2.30. The van der Waals surface area contributed by atoms with Gasteiger partial charge < -0.3 is 15.8 Å². The molecule has 102 valence electrons. The number of amides is 1. The third kappa shape index (κ3) is 4.55. The van der Waals surface area contributed by atoms with E-state index in [4.69, 9.17) is 10.5 Å². The van der Waals surface area contributed by atoms with Gasteiger partial charge in [-0.2, -0.15) is 0 Å². The van der Waals surface area contributed by atoms with Crippen molar-refractivity contribution in [3.05, 3.63) is 24.3 Å². The van der Waals surface area contributed by atoms with Gasteiger partial charge in [-0.25, -0.2) is 0 Å². The van der Waals surface area contributed by atoms with E-state index in [0.29, 0.717) is 18.0 Å².